The van der Waals surface area contributed by atoms with Crippen LogP contribution in [0.15, 0.2) is 48.5 Å². The van der Waals surface area contributed by atoms with Crippen molar-refractivity contribution in [1.29, 1.82) is 0 Å². The van der Waals surface area contributed by atoms with E-state index in [0.717, 1.165) is 63.1 Å². The highest BCUT2D eigenvalue weighted by atomic mass is 19.1. The Labute approximate surface area is 201 Å². The van der Waals surface area contributed by atoms with Crippen LogP contribution < -0.4 is 26.4 Å². The monoisotopic (exact) mass is 465 g/mol. The molecule has 0 spiro atoms. The highest BCUT2D eigenvalue weighted by Crippen LogP contribution is 2.28. The molecule has 0 aromatic heterocycles. The number of anilines is 2. The fraction of sp³-hybridized carbons (Fsp3) is 0.519. The van der Waals surface area contributed by atoms with E-state index in [-0.39, 0.29) is 23.7 Å². The molecule has 1 saturated carbocycles. The molecule has 2 aliphatic heterocycles. The summed E-state index contributed by atoms with van der Waals surface area (Å²) in [6.45, 7) is 3.88. The molecule has 4 N–H and O–H groups in total. The van der Waals surface area contributed by atoms with Gasteiger partial charge < -0.3 is 15.5 Å². The molecule has 3 aliphatic rings. The summed E-state index contributed by atoms with van der Waals surface area (Å²) in [6.07, 6.45) is 6.60. The van der Waals surface area contributed by atoms with Gasteiger partial charge in [-0.2, -0.15) is 0 Å². The van der Waals surface area contributed by atoms with Gasteiger partial charge in [0.2, 0.25) is 5.91 Å². The standard InChI is InChI=1S/C27H36FN5O/c28-22-7-5-19(6-8-22)26-21(18-30-32-26)17-29-23-13-15-33(16-14-23)25-11-9-24(10-12-25)31-27(34)20-3-1-2-4-20/h5-12,20-21,23,26,29-30,32H,1-4,13-18H2,(H,31,34). The van der Waals surface area contributed by atoms with Gasteiger partial charge in [-0.15, -0.1) is 0 Å². The third-order valence-corrected chi connectivity index (χ3v) is 7.71. The molecule has 1 amide bonds. The van der Waals surface area contributed by atoms with E-state index in [0.29, 0.717) is 12.0 Å². The van der Waals surface area contributed by atoms with Crippen molar-refractivity contribution in [2.45, 2.75) is 50.6 Å². The van der Waals surface area contributed by atoms with Crippen molar-refractivity contribution in [3.8, 4) is 0 Å². The van der Waals surface area contributed by atoms with Crippen molar-refractivity contribution in [1.82, 2.24) is 16.2 Å². The van der Waals surface area contributed by atoms with Gasteiger partial charge in [0.15, 0.2) is 0 Å². The molecule has 2 heterocycles. The van der Waals surface area contributed by atoms with Crippen LogP contribution >= 0.6 is 0 Å². The van der Waals surface area contributed by atoms with Gasteiger partial charge in [-0.25, -0.2) is 9.82 Å². The molecule has 0 bridgehead atoms. The van der Waals surface area contributed by atoms with E-state index in [1.165, 1.54) is 30.7 Å². The molecule has 2 aromatic carbocycles. The lowest BCUT2D eigenvalue weighted by Gasteiger charge is -2.35. The van der Waals surface area contributed by atoms with Gasteiger partial charge in [0.05, 0.1) is 6.04 Å². The molecule has 34 heavy (non-hydrogen) atoms. The minimum absolute atomic E-state index is 0.173. The van der Waals surface area contributed by atoms with Gasteiger partial charge in [0.25, 0.3) is 0 Å². The largest absolute Gasteiger partial charge is 0.371 e. The van der Waals surface area contributed by atoms with Crippen molar-refractivity contribution in [3.63, 3.8) is 0 Å². The highest BCUT2D eigenvalue weighted by Gasteiger charge is 2.29. The maximum Gasteiger partial charge on any atom is 0.227 e. The van der Waals surface area contributed by atoms with Crippen LogP contribution in [-0.2, 0) is 4.79 Å². The number of nitrogens with zero attached hydrogens (tertiary/aromatic N) is 1. The topological polar surface area (TPSA) is 68.4 Å². The summed E-state index contributed by atoms with van der Waals surface area (Å²) in [5.41, 5.74) is 9.85. The molecule has 2 atom stereocenters. The zero-order valence-corrected chi connectivity index (χ0v) is 19.7. The highest BCUT2D eigenvalue weighted by molar-refractivity contribution is 5.92. The SMILES string of the molecule is O=C(Nc1ccc(N2CCC(NCC3CNNC3c3ccc(F)cc3)CC2)cc1)C1CCCC1. The molecule has 3 fully saturated rings. The molecule has 6 nitrogen and oxygen atoms in total. The van der Waals surface area contributed by atoms with E-state index < -0.39 is 0 Å². The Kier molecular flexibility index (Phi) is 7.42. The second kappa shape index (κ2) is 10.8. The predicted octanol–water partition coefficient (Wildman–Crippen LogP) is 3.98. The van der Waals surface area contributed by atoms with Crippen LogP contribution in [0.4, 0.5) is 15.8 Å². The number of hydrazine groups is 1. The minimum atomic E-state index is -0.195. The van der Waals surface area contributed by atoms with E-state index >= 15 is 0 Å². The number of carbonyl (C=O) groups is 1. The zero-order chi connectivity index (χ0) is 23.3. The van der Waals surface area contributed by atoms with Gasteiger partial charge in [-0.3, -0.25) is 10.2 Å². The quantitative estimate of drug-likeness (QED) is 0.498. The van der Waals surface area contributed by atoms with Crippen LogP contribution in [0.1, 0.15) is 50.1 Å². The fourth-order valence-electron chi connectivity index (χ4n) is 5.60. The minimum Gasteiger partial charge on any atom is -0.371 e. The zero-order valence-electron chi connectivity index (χ0n) is 19.7. The summed E-state index contributed by atoms with van der Waals surface area (Å²) in [6, 6.07) is 15.8. The number of hydrogen-bond donors (Lipinski definition) is 4. The number of carbonyl (C=O) groups excluding carboxylic acids is 1. The number of piperidine rings is 1. The first-order chi connectivity index (χ1) is 16.7. The summed E-state index contributed by atoms with van der Waals surface area (Å²) >= 11 is 0. The molecular weight excluding hydrogens is 429 g/mol. The molecule has 7 heteroatoms. The third-order valence-electron chi connectivity index (χ3n) is 7.71. The number of benzene rings is 2. The predicted molar refractivity (Wildman–Crippen MR) is 134 cm³/mol. The van der Waals surface area contributed by atoms with Crippen LogP contribution in [0, 0.1) is 17.7 Å². The third kappa shape index (κ3) is 5.59. The van der Waals surface area contributed by atoms with Gasteiger partial charge in [-0.1, -0.05) is 25.0 Å². The molecule has 5 rings (SSSR count). The van der Waals surface area contributed by atoms with Crippen molar-refractivity contribution in [2.75, 3.05) is 36.4 Å². The Hall–Kier alpha value is -2.48. The van der Waals surface area contributed by atoms with Gasteiger partial charge >= 0.3 is 0 Å². The summed E-state index contributed by atoms with van der Waals surface area (Å²) in [7, 11) is 0. The Morgan fingerprint density at radius 3 is 2.38 bits per heavy atom. The average Bonchev–Trinajstić information content (AvgIpc) is 3.57. The van der Waals surface area contributed by atoms with E-state index in [1.54, 1.807) is 0 Å². The lowest BCUT2D eigenvalue weighted by Crippen LogP contribution is -2.44. The average molecular weight is 466 g/mol. The second-order valence-corrected chi connectivity index (χ2v) is 10.0. The van der Waals surface area contributed by atoms with Crippen LogP contribution in [0.2, 0.25) is 0 Å². The fourth-order valence-corrected chi connectivity index (χ4v) is 5.60. The molecule has 0 radical (unpaired) electrons. The van der Waals surface area contributed by atoms with Crippen LogP contribution in [0.3, 0.4) is 0 Å². The molecule has 2 unspecified atom stereocenters. The molecule has 182 valence electrons. The first kappa shape index (κ1) is 23.3. The normalized spacial score (nSPS) is 24.0. The van der Waals surface area contributed by atoms with E-state index in [1.807, 2.05) is 24.3 Å². The van der Waals surface area contributed by atoms with Crippen LogP contribution in [0.25, 0.3) is 0 Å². The summed E-state index contributed by atoms with van der Waals surface area (Å²) in [5, 5.41) is 6.86. The summed E-state index contributed by atoms with van der Waals surface area (Å²) in [5.74, 6) is 0.592. The lowest BCUT2D eigenvalue weighted by molar-refractivity contribution is -0.119. The number of rotatable bonds is 7. The molecule has 1 aliphatic carbocycles. The van der Waals surface area contributed by atoms with Gasteiger partial charge in [0, 0.05) is 55.4 Å². The first-order valence-corrected chi connectivity index (χ1v) is 12.8. The number of hydrogen-bond acceptors (Lipinski definition) is 5. The van der Waals surface area contributed by atoms with Gasteiger partial charge in [0.1, 0.15) is 5.82 Å². The number of halogens is 1. The van der Waals surface area contributed by atoms with Crippen LogP contribution in [0.5, 0.6) is 0 Å². The van der Waals surface area contributed by atoms with Crippen molar-refractivity contribution < 1.29 is 9.18 Å². The number of nitrogens with one attached hydrogen (secondary N) is 4. The van der Waals surface area contributed by atoms with E-state index in [2.05, 4.69) is 38.5 Å². The van der Waals surface area contributed by atoms with Gasteiger partial charge in [-0.05, 0) is 67.6 Å². The van der Waals surface area contributed by atoms with Crippen molar-refractivity contribution in [3.05, 3.63) is 59.9 Å². The number of amides is 1. The Bertz CT molecular complexity index is 936. The second-order valence-electron chi connectivity index (χ2n) is 10.0. The van der Waals surface area contributed by atoms with Crippen molar-refractivity contribution >= 4 is 17.3 Å². The Balaban J connectivity index is 1.07. The Morgan fingerprint density at radius 2 is 1.68 bits per heavy atom. The summed E-state index contributed by atoms with van der Waals surface area (Å²) < 4.78 is 13.3. The van der Waals surface area contributed by atoms with Crippen LogP contribution in [-0.4, -0.2) is 38.1 Å². The summed E-state index contributed by atoms with van der Waals surface area (Å²) in [4.78, 5) is 14.8. The van der Waals surface area contributed by atoms with Crippen molar-refractivity contribution in [2.24, 2.45) is 11.8 Å². The molecular formula is C27H36FN5O. The molecule has 2 aromatic rings. The lowest BCUT2D eigenvalue weighted by atomic mass is 9.94. The van der Waals surface area contributed by atoms with E-state index in [9.17, 15) is 9.18 Å². The Morgan fingerprint density at radius 1 is 0.971 bits per heavy atom. The maximum atomic E-state index is 13.3. The smallest absolute Gasteiger partial charge is 0.227 e. The molecule has 2 saturated heterocycles. The maximum absolute atomic E-state index is 13.3. The first-order valence-electron chi connectivity index (χ1n) is 12.8. The van der Waals surface area contributed by atoms with E-state index in [4.69, 9.17) is 0 Å².